The fourth-order valence-corrected chi connectivity index (χ4v) is 2.90. The Morgan fingerprint density at radius 2 is 1.61 bits per heavy atom. The number of benzene rings is 2. The monoisotopic (exact) mass is 376 g/mol. The van der Waals surface area contributed by atoms with E-state index >= 15 is 0 Å². The standard InChI is InChI=1S/C23H21FN2O2/c1-2-26-14-13-25-23(26)22(28)12-9-17-3-5-18(6-4-17)15-21(27)16-19-7-10-20(24)11-8-19/h3-14H,2,15-16H2,1H3/b12-9+. The highest BCUT2D eigenvalue weighted by Crippen LogP contribution is 2.11. The number of rotatable bonds is 8. The maximum atomic E-state index is 12.9. The van der Waals surface area contributed by atoms with Gasteiger partial charge in [0.1, 0.15) is 11.6 Å². The first kappa shape index (κ1) is 19.4. The molecule has 2 aromatic carbocycles. The number of hydrogen-bond acceptors (Lipinski definition) is 3. The van der Waals surface area contributed by atoms with Crippen molar-refractivity contribution in [3.05, 3.63) is 95.3 Å². The highest BCUT2D eigenvalue weighted by atomic mass is 19.1. The molecule has 5 heteroatoms. The Hall–Kier alpha value is -3.34. The lowest BCUT2D eigenvalue weighted by atomic mass is 10.0. The SMILES string of the molecule is CCn1ccnc1C(=O)/C=C/c1ccc(CC(=O)Cc2ccc(F)cc2)cc1. The van der Waals surface area contributed by atoms with Crippen LogP contribution in [0, 0.1) is 5.82 Å². The van der Waals surface area contributed by atoms with Gasteiger partial charge >= 0.3 is 0 Å². The average molecular weight is 376 g/mol. The highest BCUT2D eigenvalue weighted by Gasteiger charge is 2.09. The van der Waals surface area contributed by atoms with Crippen molar-refractivity contribution in [3.63, 3.8) is 0 Å². The molecule has 3 rings (SSSR count). The van der Waals surface area contributed by atoms with Gasteiger partial charge in [-0.05, 0) is 41.8 Å². The Labute approximate surface area is 163 Å². The van der Waals surface area contributed by atoms with E-state index in [1.165, 1.54) is 18.2 Å². The van der Waals surface area contributed by atoms with Gasteiger partial charge in [0.05, 0.1) is 0 Å². The number of ketones is 2. The van der Waals surface area contributed by atoms with Crippen molar-refractivity contribution in [2.24, 2.45) is 0 Å². The van der Waals surface area contributed by atoms with Crippen molar-refractivity contribution in [2.45, 2.75) is 26.3 Å². The lowest BCUT2D eigenvalue weighted by Crippen LogP contribution is -2.07. The predicted molar refractivity (Wildman–Crippen MR) is 107 cm³/mol. The zero-order valence-electron chi connectivity index (χ0n) is 15.6. The fourth-order valence-electron chi connectivity index (χ4n) is 2.90. The summed E-state index contributed by atoms with van der Waals surface area (Å²) < 4.78 is 14.7. The molecule has 0 radical (unpaired) electrons. The van der Waals surface area contributed by atoms with Crippen LogP contribution in [0.5, 0.6) is 0 Å². The van der Waals surface area contributed by atoms with Gasteiger partial charge in [0.2, 0.25) is 5.78 Å². The van der Waals surface area contributed by atoms with Crippen molar-refractivity contribution >= 4 is 17.6 Å². The number of aromatic nitrogens is 2. The molecule has 142 valence electrons. The van der Waals surface area contributed by atoms with E-state index in [1.54, 1.807) is 35.2 Å². The normalized spacial score (nSPS) is 11.1. The van der Waals surface area contributed by atoms with Crippen molar-refractivity contribution < 1.29 is 14.0 Å². The minimum Gasteiger partial charge on any atom is -0.329 e. The van der Waals surface area contributed by atoms with Gasteiger partial charge in [-0.1, -0.05) is 42.5 Å². The van der Waals surface area contributed by atoms with Crippen LogP contribution < -0.4 is 0 Å². The average Bonchev–Trinajstić information content (AvgIpc) is 3.18. The van der Waals surface area contributed by atoms with Crippen LogP contribution in [0.2, 0.25) is 0 Å². The van der Waals surface area contributed by atoms with E-state index in [9.17, 15) is 14.0 Å². The zero-order chi connectivity index (χ0) is 19.9. The summed E-state index contributed by atoms with van der Waals surface area (Å²) in [5.74, 6) is 0.0284. The van der Waals surface area contributed by atoms with Gasteiger partial charge in [-0.15, -0.1) is 0 Å². The number of imidazole rings is 1. The third-order valence-electron chi connectivity index (χ3n) is 4.40. The summed E-state index contributed by atoms with van der Waals surface area (Å²) in [6.45, 7) is 2.65. The summed E-state index contributed by atoms with van der Waals surface area (Å²) in [5, 5.41) is 0. The number of aryl methyl sites for hydroxylation is 1. The second-order valence-electron chi connectivity index (χ2n) is 6.49. The van der Waals surface area contributed by atoms with Gasteiger partial charge < -0.3 is 4.57 Å². The smallest absolute Gasteiger partial charge is 0.221 e. The molecule has 0 aliphatic carbocycles. The van der Waals surface area contributed by atoms with Crippen molar-refractivity contribution in [2.75, 3.05) is 0 Å². The topological polar surface area (TPSA) is 52.0 Å². The molecular weight excluding hydrogens is 355 g/mol. The number of nitrogens with zero attached hydrogens (tertiary/aromatic N) is 2. The summed E-state index contributed by atoms with van der Waals surface area (Å²) in [6, 6.07) is 13.5. The number of Topliss-reactive ketones (excluding diaryl/α,β-unsaturated/α-hetero) is 1. The minimum atomic E-state index is -0.308. The largest absolute Gasteiger partial charge is 0.329 e. The molecule has 3 aromatic rings. The first-order valence-electron chi connectivity index (χ1n) is 9.14. The van der Waals surface area contributed by atoms with Crippen molar-refractivity contribution in [3.8, 4) is 0 Å². The molecular formula is C23H21FN2O2. The lowest BCUT2D eigenvalue weighted by molar-refractivity contribution is -0.117. The molecule has 0 unspecified atom stereocenters. The minimum absolute atomic E-state index is 0.0662. The Kier molecular flexibility index (Phi) is 6.27. The number of halogens is 1. The van der Waals surface area contributed by atoms with E-state index in [2.05, 4.69) is 4.98 Å². The van der Waals surface area contributed by atoms with Crippen LogP contribution in [-0.2, 0) is 24.2 Å². The lowest BCUT2D eigenvalue weighted by Gasteiger charge is -2.03. The number of carbonyl (C=O) groups excluding carboxylic acids is 2. The van der Waals surface area contributed by atoms with Crippen LogP contribution in [0.15, 0.2) is 67.0 Å². The predicted octanol–water partition coefficient (Wildman–Crippen LogP) is 4.29. The molecule has 28 heavy (non-hydrogen) atoms. The number of allylic oxidation sites excluding steroid dienone is 1. The molecule has 0 atom stereocenters. The number of hydrogen-bond donors (Lipinski definition) is 0. The summed E-state index contributed by atoms with van der Waals surface area (Å²) in [4.78, 5) is 28.5. The van der Waals surface area contributed by atoms with Crippen LogP contribution in [0.4, 0.5) is 4.39 Å². The molecule has 0 fully saturated rings. The molecule has 4 nitrogen and oxygen atoms in total. The fraction of sp³-hybridized carbons (Fsp3) is 0.174. The van der Waals surface area contributed by atoms with E-state index in [4.69, 9.17) is 0 Å². The van der Waals surface area contributed by atoms with Crippen molar-refractivity contribution in [1.29, 1.82) is 0 Å². The van der Waals surface area contributed by atoms with Gasteiger partial charge in [-0.3, -0.25) is 9.59 Å². The van der Waals surface area contributed by atoms with Gasteiger partial charge in [-0.25, -0.2) is 9.37 Å². The second kappa shape index (κ2) is 9.04. The Morgan fingerprint density at radius 3 is 2.21 bits per heavy atom. The van der Waals surface area contributed by atoms with Crippen molar-refractivity contribution in [1.82, 2.24) is 9.55 Å². The Balaban J connectivity index is 1.57. The molecule has 0 N–H and O–H groups in total. The van der Waals surface area contributed by atoms with E-state index in [1.807, 2.05) is 31.2 Å². The molecule has 0 spiro atoms. The van der Waals surface area contributed by atoms with E-state index in [-0.39, 0.29) is 23.8 Å². The van der Waals surface area contributed by atoms with Crippen LogP contribution >= 0.6 is 0 Å². The van der Waals surface area contributed by atoms with Gasteiger partial charge in [0.25, 0.3) is 0 Å². The number of carbonyl (C=O) groups is 2. The highest BCUT2D eigenvalue weighted by molar-refractivity contribution is 6.04. The summed E-state index contributed by atoms with van der Waals surface area (Å²) >= 11 is 0. The molecule has 0 saturated heterocycles. The molecule has 1 heterocycles. The van der Waals surface area contributed by atoms with Crippen LogP contribution in [0.3, 0.4) is 0 Å². The third-order valence-corrected chi connectivity index (χ3v) is 4.40. The molecule has 0 amide bonds. The quantitative estimate of drug-likeness (QED) is 0.435. The van der Waals surface area contributed by atoms with Crippen LogP contribution in [0.1, 0.15) is 34.2 Å². The summed E-state index contributed by atoms with van der Waals surface area (Å²) in [6.07, 6.45) is 7.22. The maximum absolute atomic E-state index is 12.9. The molecule has 0 saturated carbocycles. The van der Waals surface area contributed by atoms with Gasteiger partial charge in [-0.2, -0.15) is 0 Å². The van der Waals surface area contributed by atoms with Gasteiger partial charge in [0.15, 0.2) is 5.82 Å². The molecule has 1 aromatic heterocycles. The third kappa shape index (κ3) is 5.10. The van der Waals surface area contributed by atoms with Gasteiger partial charge in [0, 0.05) is 31.8 Å². The van der Waals surface area contributed by atoms with E-state index < -0.39 is 0 Å². The van der Waals surface area contributed by atoms with E-state index in [0.717, 1.165) is 16.7 Å². The maximum Gasteiger partial charge on any atom is 0.221 e. The molecule has 0 aliphatic heterocycles. The molecule has 0 aliphatic rings. The summed E-state index contributed by atoms with van der Waals surface area (Å²) in [5.41, 5.74) is 2.57. The van der Waals surface area contributed by atoms with Crippen LogP contribution in [-0.4, -0.2) is 21.1 Å². The second-order valence-corrected chi connectivity index (χ2v) is 6.49. The molecule has 0 bridgehead atoms. The first-order valence-corrected chi connectivity index (χ1v) is 9.14. The Bertz CT molecular complexity index is 986. The van der Waals surface area contributed by atoms with E-state index in [0.29, 0.717) is 18.8 Å². The van der Waals surface area contributed by atoms with Crippen LogP contribution in [0.25, 0.3) is 6.08 Å². The zero-order valence-corrected chi connectivity index (χ0v) is 15.6. The first-order chi connectivity index (χ1) is 13.5. The summed E-state index contributed by atoms with van der Waals surface area (Å²) in [7, 11) is 0. The Morgan fingerprint density at radius 1 is 1.00 bits per heavy atom.